The first-order valence-corrected chi connectivity index (χ1v) is 7.36. The highest BCUT2D eigenvalue weighted by Crippen LogP contribution is 2.15. The molecule has 1 atom stereocenters. The van der Waals surface area contributed by atoms with Gasteiger partial charge in [-0.15, -0.1) is 0 Å². The van der Waals surface area contributed by atoms with Crippen molar-refractivity contribution in [3.8, 4) is 0 Å². The summed E-state index contributed by atoms with van der Waals surface area (Å²) in [6, 6.07) is 8.29. The van der Waals surface area contributed by atoms with Crippen molar-refractivity contribution in [2.75, 3.05) is 26.7 Å². The Balaban J connectivity index is 2.04. The molecule has 2 rings (SSSR count). The summed E-state index contributed by atoms with van der Waals surface area (Å²) in [6.07, 6.45) is 2.40. The molecule has 1 unspecified atom stereocenters. The molecule has 0 radical (unpaired) electrons. The van der Waals surface area contributed by atoms with Crippen molar-refractivity contribution in [3.05, 3.63) is 35.4 Å². The second-order valence-electron chi connectivity index (χ2n) is 5.32. The highest BCUT2D eigenvalue weighted by Gasteiger charge is 2.20. The monoisotopic (exact) mass is 276 g/mol. The van der Waals surface area contributed by atoms with Gasteiger partial charge in [0.05, 0.1) is 12.7 Å². The van der Waals surface area contributed by atoms with Crippen molar-refractivity contribution in [3.63, 3.8) is 0 Å². The predicted molar refractivity (Wildman–Crippen MR) is 79.8 cm³/mol. The summed E-state index contributed by atoms with van der Waals surface area (Å²) < 4.78 is 4.86. The minimum atomic E-state index is -0.249. The number of hydrogen-bond donors (Lipinski definition) is 1. The van der Waals surface area contributed by atoms with Crippen LogP contribution in [0.25, 0.3) is 0 Å². The molecule has 0 aliphatic carbocycles. The average Bonchev–Trinajstić information content (AvgIpc) is 2.48. The second kappa shape index (κ2) is 7.41. The quantitative estimate of drug-likeness (QED) is 0.836. The molecule has 1 aliphatic rings. The van der Waals surface area contributed by atoms with Gasteiger partial charge in [-0.1, -0.05) is 31.5 Å². The first kappa shape index (κ1) is 15.0. The molecular weight excluding hydrogens is 252 g/mol. The molecule has 0 spiro atoms. The molecule has 110 valence electrons. The fourth-order valence-corrected chi connectivity index (χ4v) is 2.79. The summed E-state index contributed by atoms with van der Waals surface area (Å²) >= 11 is 0. The zero-order valence-corrected chi connectivity index (χ0v) is 12.4. The van der Waals surface area contributed by atoms with Crippen molar-refractivity contribution in [2.45, 2.75) is 32.4 Å². The average molecular weight is 276 g/mol. The first-order chi connectivity index (χ1) is 9.74. The lowest BCUT2D eigenvalue weighted by Crippen LogP contribution is -2.50. The molecule has 0 aromatic heterocycles. The van der Waals surface area contributed by atoms with E-state index < -0.39 is 0 Å². The van der Waals surface area contributed by atoms with Gasteiger partial charge in [0.15, 0.2) is 0 Å². The molecule has 1 aromatic carbocycles. The van der Waals surface area contributed by atoms with Gasteiger partial charge >= 0.3 is 5.97 Å². The summed E-state index contributed by atoms with van der Waals surface area (Å²) in [4.78, 5) is 14.2. The van der Waals surface area contributed by atoms with Crippen molar-refractivity contribution >= 4 is 5.97 Å². The van der Waals surface area contributed by atoms with Gasteiger partial charge in [0, 0.05) is 32.2 Å². The highest BCUT2D eigenvalue weighted by molar-refractivity contribution is 5.90. The van der Waals surface area contributed by atoms with Crippen LogP contribution in [-0.2, 0) is 11.3 Å². The van der Waals surface area contributed by atoms with Gasteiger partial charge in [-0.25, -0.2) is 4.79 Å². The predicted octanol–water partition coefficient (Wildman–Crippen LogP) is 2.05. The van der Waals surface area contributed by atoms with E-state index in [1.807, 2.05) is 24.3 Å². The lowest BCUT2D eigenvalue weighted by atomic mass is 10.0. The van der Waals surface area contributed by atoms with Crippen molar-refractivity contribution in [2.24, 2.45) is 0 Å². The Bertz CT molecular complexity index is 446. The van der Waals surface area contributed by atoms with Crippen LogP contribution in [0, 0.1) is 0 Å². The number of nitrogens with one attached hydrogen (secondary N) is 1. The third kappa shape index (κ3) is 3.81. The van der Waals surface area contributed by atoms with Gasteiger partial charge in [-0.2, -0.15) is 0 Å². The number of carbonyl (C=O) groups is 1. The van der Waals surface area contributed by atoms with E-state index in [2.05, 4.69) is 17.1 Å². The van der Waals surface area contributed by atoms with E-state index in [9.17, 15) is 4.79 Å². The molecule has 1 heterocycles. The lowest BCUT2D eigenvalue weighted by molar-refractivity contribution is 0.0597. The van der Waals surface area contributed by atoms with Crippen molar-refractivity contribution in [1.29, 1.82) is 0 Å². The summed E-state index contributed by atoms with van der Waals surface area (Å²) in [7, 11) is 1.43. The maximum absolute atomic E-state index is 11.8. The Hall–Kier alpha value is -1.39. The minimum absolute atomic E-state index is 0.249. The number of rotatable bonds is 5. The molecule has 0 saturated carbocycles. The van der Waals surface area contributed by atoms with Crippen molar-refractivity contribution in [1.82, 2.24) is 10.2 Å². The number of nitrogens with zero attached hydrogens (tertiary/aromatic N) is 1. The molecular formula is C16H24N2O2. The molecule has 4 heteroatoms. The second-order valence-corrected chi connectivity index (χ2v) is 5.32. The normalized spacial score (nSPS) is 19.8. The summed E-state index contributed by atoms with van der Waals surface area (Å²) in [5.74, 6) is -0.249. The molecule has 1 saturated heterocycles. The number of carbonyl (C=O) groups excluding carboxylic acids is 1. The van der Waals surface area contributed by atoms with Crippen molar-refractivity contribution < 1.29 is 9.53 Å². The molecule has 4 nitrogen and oxygen atoms in total. The summed E-state index contributed by atoms with van der Waals surface area (Å²) in [6.45, 7) is 6.12. The van der Waals surface area contributed by atoms with Gasteiger partial charge in [-0.05, 0) is 18.1 Å². The Morgan fingerprint density at radius 1 is 1.45 bits per heavy atom. The molecule has 20 heavy (non-hydrogen) atoms. The minimum Gasteiger partial charge on any atom is -0.465 e. The smallest absolute Gasteiger partial charge is 0.338 e. The SMILES string of the molecule is CCCC1CN(Cc2ccccc2C(=O)OC)CCN1. The number of hydrogen-bond acceptors (Lipinski definition) is 4. The van der Waals surface area contributed by atoms with Crippen LogP contribution >= 0.6 is 0 Å². The van der Waals surface area contributed by atoms with Gasteiger partial charge in [0.25, 0.3) is 0 Å². The molecule has 1 N–H and O–H groups in total. The number of methoxy groups -OCH3 is 1. The van der Waals surface area contributed by atoms with Crippen LogP contribution in [0.1, 0.15) is 35.7 Å². The maximum atomic E-state index is 11.8. The molecule has 1 aromatic rings. The van der Waals surface area contributed by atoms with Gasteiger partial charge in [0.2, 0.25) is 0 Å². The van der Waals surface area contributed by atoms with Crippen LogP contribution < -0.4 is 5.32 Å². The third-order valence-electron chi connectivity index (χ3n) is 3.79. The summed E-state index contributed by atoms with van der Waals surface area (Å²) in [5.41, 5.74) is 1.73. The van der Waals surface area contributed by atoms with E-state index in [0.29, 0.717) is 11.6 Å². The molecule has 1 aliphatic heterocycles. The number of esters is 1. The van der Waals surface area contributed by atoms with Gasteiger partial charge < -0.3 is 10.1 Å². The Labute approximate surface area is 121 Å². The zero-order valence-electron chi connectivity index (χ0n) is 12.4. The van der Waals surface area contributed by atoms with Gasteiger partial charge in [-0.3, -0.25) is 4.90 Å². The third-order valence-corrected chi connectivity index (χ3v) is 3.79. The van der Waals surface area contributed by atoms with Crippen LogP contribution in [-0.4, -0.2) is 43.7 Å². The standard InChI is InChI=1S/C16H24N2O2/c1-3-6-14-12-18(10-9-17-14)11-13-7-4-5-8-15(13)16(19)20-2/h4-5,7-8,14,17H,3,6,9-12H2,1-2H3. The molecule has 0 amide bonds. The van der Waals surface area contributed by atoms with E-state index in [1.165, 1.54) is 20.0 Å². The molecule has 1 fully saturated rings. The fourth-order valence-electron chi connectivity index (χ4n) is 2.79. The first-order valence-electron chi connectivity index (χ1n) is 7.36. The fraction of sp³-hybridized carbons (Fsp3) is 0.562. The largest absolute Gasteiger partial charge is 0.465 e. The van der Waals surface area contributed by atoms with E-state index in [4.69, 9.17) is 4.74 Å². The maximum Gasteiger partial charge on any atom is 0.338 e. The number of piperazine rings is 1. The number of ether oxygens (including phenoxy) is 1. The Morgan fingerprint density at radius 3 is 3.00 bits per heavy atom. The number of benzene rings is 1. The van der Waals surface area contributed by atoms with E-state index in [-0.39, 0.29) is 5.97 Å². The Kier molecular flexibility index (Phi) is 5.56. The highest BCUT2D eigenvalue weighted by atomic mass is 16.5. The Morgan fingerprint density at radius 2 is 2.25 bits per heavy atom. The van der Waals surface area contributed by atoms with E-state index >= 15 is 0 Å². The topological polar surface area (TPSA) is 41.6 Å². The van der Waals surface area contributed by atoms with Crippen LogP contribution in [0.15, 0.2) is 24.3 Å². The van der Waals surface area contributed by atoms with Crippen LogP contribution in [0.2, 0.25) is 0 Å². The summed E-state index contributed by atoms with van der Waals surface area (Å²) in [5, 5.41) is 3.55. The molecule has 0 bridgehead atoms. The zero-order chi connectivity index (χ0) is 14.4. The van der Waals surface area contributed by atoms with Gasteiger partial charge in [0.1, 0.15) is 0 Å². The van der Waals surface area contributed by atoms with Crippen LogP contribution in [0.3, 0.4) is 0 Å². The lowest BCUT2D eigenvalue weighted by Gasteiger charge is -2.34. The van der Waals surface area contributed by atoms with Crippen LogP contribution in [0.4, 0.5) is 0 Å². The van der Waals surface area contributed by atoms with Crippen LogP contribution in [0.5, 0.6) is 0 Å². The van der Waals surface area contributed by atoms with E-state index in [0.717, 1.165) is 31.7 Å². The van der Waals surface area contributed by atoms with E-state index in [1.54, 1.807) is 0 Å².